The summed E-state index contributed by atoms with van der Waals surface area (Å²) in [5.74, 6) is -0.468. The number of nitrogens with zero attached hydrogens (tertiary/aromatic N) is 1. The molecule has 2 aromatic rings. The molecule has 36 heavy (non-hydrogen) atoms. The minimum atomic E-state index is -0.908. The number of ketones is 1. The van der Waals surface area contributed by atoms with Crippen molar-refractivity contribution < 1.29 is 23.9 Å². The minimum absolute atomic E-state index is 0.0430. The molecule has 0 heterocycles. The van der Waals surface area contributed by atoms with Crippen LogP contribution in [-0.4, -0.2) is 35.0 Å². The number of amides is 2. The van der Waals surface area contributed by atoms with E-state index in [0.29, 0.717) is 5.56 Å². The lowest BCUT2D eigenvalue weighted by Gasteiger charge is -2.20. The van der Waals surface area contributed by atoms with Gasteiger partial charge in [0.1, 0.15) is 17.0 Å². The number of carbonyl (C=O) groups is 3. The van der Waals surface area contributed by atoms with E-state index in [1.807, 2.05) is 18.2 Å². The van der Waals surface area contributed by atoms with Gasteiger partial charge in [-0.1, -0.05) is 63.2 Å². The molecule has 1 N–H and O–H groups in total. The molecule has 0 spiro atoms. The second-order valence-electron chi connectivity index (χ2n) is 11.7. The van der Waals surface area contributed by atoms with Gasteiger partial charge < -0.3 is 9.47 Å². The summed E-state index contributed by atoms with van der Waals surface area (Å²) in [4.78, 5) is 41.6. The number of rotatable bonds is 4. The molecule has 0 fully saturated rings. The Bertz CT molecular complexity index is 1130. The number of alkyl carbamates (subject to hydrolysis) is 1. The van der Waals surface area contributed by atoms with Crippen molar-refractivity contribution in [2.24, 2.45) is 4.99 Å². The lowest BCUT2D eigenvalue weighted by atomic mass is 9.86. The van der Waals surface area contributed by atoms with E-state index in [9.17, 15) is 14.4 Å². The van der Waals surface area contributed by atoms with E-state index in [4.69, 9.17) is 9.47 Å². The zero-order valence-electron chi connectivity index (χ0n) is 22.8. The van der Waals surface area contributed by atoms with Crippen LogP contribution in [0.1, 0.15) is 84.7 Å². The molecule has 0 bridgehead atoms. The molecule has 0 radical (unpaired) electrons. The Morgan fingerprint density at radius 2 is 1.36 bits per heavy atom. The summed E-state index contributed by atoms with van der Waals surface area (Å²) < 4.78 is 10.5. The fraction of sp³-hybridized carbons (Fsp3) is 0.448. The predicted octanol–water partition coefficient (Wildman–Crippen LogP) is 7.08. The summed E-state index contributed by atoms with van der Waals surface area (Å²) in [6.07, 6.45) is -2.04. The van der Waals surface area contributed by atoms with E-state index in [1.54, 1.807) is 59.7 Å². The Morgan fingerprint density at radius 3 is 1.89 bits per heavy atom. The maximum Gasteiger partial charge on any atom is 0.435 e. The molecule has 7 nitrogen and oxygen atoms in total. The van der Waals surface area contributed by atoms with Crippen molar-refractivity contribution in [3.8, 4) is 11.1 Å². The molecule has 0 aliphatic carbocycles. The van der Waals surface area contributed by atoms with Crippen molar-refractivity contribution in [3.05, 3.63) is 59.7 Å². The molecule has 0 aliphatic heterocycles. The summed E-state index contributed by atoms with van der Waals surface area (Å²) in [6.45, 7) is 16.7. The quantitative estimate of drug-likeness (QED) is 0.278. The molecular formula is C29H38N2O5. The number of Topliss-reactive ketones (excluding diaryl/α,β-unsaturated/α-hetero) is 1. The molecule has 0 aromatic heterocycles. The van der Waals surface area contributed by atoms with Crippen LogP contribution in [0, 0.1) is 0 Å². The van der Waals surface area contributed by atoms with Crippen molar-refractivity contribution in [2.75, 3.05) is 0 Å². The zero-order valence-corrected chi connectivity index (χ0v) is 22.8. The van der Waals surface area contributed by atoms with Crippen LogP contribution in [0.15, 0.2) is 53.5 Å². The Balaban J connectivity index is 2.28. The number of aliphatic imine (C=N–C) groups is 1. The van der Waals surface area contributed by atoms with Gasteiger partial charge in [-0.05, 0) is 69.7 Å². The molecule has 0 atom stereocenters. The lowest BCUT2D eigenvalue weighted by molar-refractivity contribution is 0.0561. The number of ether oxygens (including phenoxy) is 2. The average molecular weight is 495 g/mol. The number of benzene rings is 2. The average Bonchev–Trinajstić information content (AvgIpc) is 2.70. The van der Waals surface area contributed by atoms with Gasteiger partial charge >= 0.3 is 12.2 Å². The highest BCUT2D eigenvalue weighted by Gasteiger charge is 2.22. The van der Waals surface area contributed by atoms with Crippen molar-refractivity contribution in [1.29, 1.82) is 0 Å². The molecule has 0 saturated carbocycles. The van der Waals surface area contributed by atoms with Crippen molar-refractivity contribution in [1.82, 2.24) is 5.32 Å². The molecular weight excluding hydrogens is 456 g/mol. The van der Waals surface area contributed by atoms with Gasteiger partial charge in [-0.2, -0.15) is 4.99 Å². The standard InChI is InChI=1S/C29H38N2O5/c1-27(2,3)22-15-13-19(14-16-22)20-11-10-12-21(17-20)23(32)18-24(30-25(33)35-28(4,5)6)31-26(34)36-29(7,8)9/h10-17H,18H2,1-9H3,(H,30,31,33,34). The SMILES string of the molecule is CC(C)(C)OC(=O)N=C(CC(=O)c1cccc(-c2ccc(C(C)(C)C)cc2)c1)NC(=O)OC(C)(C)C. The highest BCUT2D eigenvalue weighted by Crippen LogP contribution is 2.27. The van der Waals surface area contributed by atoms with Crippen molar-refractivity contribution in [3.63, 3.8) is 0 Å². The number of amidine groups is 1. The largest absolute Gasteiger partial charge is 0.444 e. The smallest absolute Gasteiger partial charge is 0.435 e. The van der Waals surface area contributed by atoms with Crippen LogP contribution in [0.25, 0.3) is 11.1 Å². The van der Waals surface area contributed by atoms with Crippen molar-refractivity contribution >= 4 is 23.8 Å². The van der Waals surface area contributed by atoms with Crippen LogP contribution in [-0.2, 0) is 14.9 Å². The third-order valence-electron chi connectivity index (χ3n) is 4.86. The molecule has 7 heteroatoms. The summed E-state index contributed by atoms with van der Waals surface area (Å²) in [5.41, 5.74) is 2.01. The zero-order chi connectivity index (χ0) is 27.3. The van der Waals surface area contributed by atoms with E-state index < -0.39 is 23.4 Å². The molecule has 0 unspecified atom stereocenters. The van der Waals surface area contributed by atoms with Gasteiger partial charge in [-0.25, -0.2) is 9.59 Å². The van der Waals surface area contributed by atoms with E-state index in [1.165, 1.54) is 5.56 Å². The second-order valence-corrected chi connectivity index (χ2v) is 11.7. The molecule has 2 rings (SSSR count). The van der Waals surface area contributed by atoms with Crippen LogP contribution >= 0.6 is 0 Å². The maximum absolute atomic E-state index is 13.1. The fourth-order valence-corrected chi connectivity index (χ4v) is 3.22. The predicted molar refractivity (Wildman–Crippen MR) is 143 cm³/mol. The minimum Gasteiger partial charge on any atom is -0.444 e. The van der Waals surface area contributed by atoms with Crippen LogP contribution in [0.5, 0.6) is 0 Å². The van der Waals surface area contributed by atoms with E-state index in [2.05, 4.69) is 43.2 Å². The van der Waals surface area contributed by atoms with E-state index >= 15 is 0 Å². The van der Waals surface area contributed by atoms with Gasteiger partial charge in [0.2, 0.25) is 0 Å². The summed E-state index contributed by atoms with van der Waals surface area (Å²) in [5, 5.41) is 2.42. The highest BCUT2D eigenvalue weighted by atomic mass is 16.6. The van der Waals surface area contributed by atoms with Gasteiger partial charge in [-0.15, -0.1) is 0 Å². The Morgan fingerprint density at radius 1 is 0.778 bits per heavy atom. The number of hydrogen-bond acceptors (Lipinski definition) is 5. The highest BCUT2D eigenvalue weighted by molar-refractivity contribution is 6.14. The van der Waals surface area contributed by atoms with Gasteiger partial charge in [0.05, 0.1) is 6.42 Å². The maximum atomic E-state index is 13.1. The first-order chi connectivity index (χ1) is 16.4. The second kappa shape index (κ2) is 11.1. The van der Waals surface area contributed by atoms with Crippen LogP contribution in [0.4, 0.5) is 9.59 Å². The van der Waals surface area contributed by atoms with Crippen LogP contribution in [0.2, 0.25) is 0 Å². The number of hydrogen-bond donors (Lipinski definition) is 1. The number of nitrogens with one attached hydrogen (secondary N) is 1. The number of carbonyl (C=O) groups excluding carboxylic acids is 3. The Hall–Kier alpha value is -3.48. The molecule has 194 valence electrons. The molecule has 2 amide bonds. The van der Waals surface area contributed by atoms with Crippen LogP contribution in [0.3, 0.4) is 0 Å². The normalized spacial score (nSPS) is 12.6. The molecule has 0 aliphatic rings. The first kappa shape index (κ1) is 28.8. The first-order valence-corrected chi connectivity index (χ1v) is 12.0. The molecule has 2 aromatic carbocycles. The lowest BCUT2D eigenvalue weighted by Crippen LogP contribution is -2.38. The fourth-order valence-electron chi connectivity index (χ4n) is 3.22. The Labute approximate surface area is 214 Å². The summed E-state index contributed by atoms with van der Waals surface area (Å²) in [7, 11) is 0. The van der Waals surface area contributed by atoms with Gasteiger partial charge in [0, 0.05) is 5.56 Å². The third kappa shape index (κ3) is 9.64. The first-order valence-electron chi connectivity index (χ1n) is 12.0. The van der Waals surface area contributed by atoms with Crippen molar-refractivity contribution in [2.45, 2.75) is 85.4 Å². The third-order valence-corrected chi connectivity index (χ3v) is 4.86. The molecule has 0 saturated heterocycles. The monoisotopic (exact) mass is 494 g/mol. The topological polar surface area (TPSA) is 94.1 Å². The van der Waals surface area contributed by atoms with Crippen LogP contribution < -0.4 is 5.32 Å². The summed E-state index contributed by atoms with van der Waals surface area (Å²) in [6, 6.07) is 15.4. The van der Waals surface area contributed by atoms with E-state index in [-0.39, 0.29) is 23.5 Å². The van der Waals surface area contributed by atoms with Gasteiger partial charge in [0.15, 0.2) is 5.78 Å². The summed E-state index contributed by atoms with van der Waals surface area (Å²) >= 11 is 0. The van der Waals surface area contributed by atoms with Gasteiger partial charge in [-0.3, -0.25) is 10.1 Å². The van der Waals surface area contributed by atoms with Gasteiger partial charge in [0.25, 0.3) is 0 Å². The van der Waals surface area contributed by atoms with E-state index in [0.717, 1.165) is 11.1 Å². The Kier molecular flexibility index (Phi) is 8.84.